The summed E-state index contributed by atoms with van der Waals surface area (Å²) in [5, 5.41) is 34.8. The molecular weight excluding hydrogens is 166 g/mol. The molecular formula is C6H13NO5. The number of ketones is 1. The molecule has 0 radical (unpaired) electrons. The van der Waals surface area contributed by atoms with Crippen molar-refractivity contribution in [3.63, 3.8) is 0 Å². The second-order valence-corrected chi connectivity index (χ2v) is 2.35. The highest BCUT2D eigenvalue weighted by Gasteiger charge is 2.27. The van der Waals surface area contributed by atoms with E-state index in [-0.39, 0.29) is 6.54 Å². The van der Waals surface area contributed by atoms with E-state index in [0.717, 1.165) is 0 Å². The Balaban J connectivity index is 4.09. The Labute approximate surface area is 69.2 Å². The zero-order valence-corrected chi connectivity index (χ0v) is 6.42. The number of aliphatic hydroxyl groups is 4. The van der Waals surface area contributed by atoms with Gasteiger partial charge in [-0.15, -0.1) is 0 Å². The smallest absolute Gasteiger partial charge is 0.193 e. The van der Waals surface area contributed by atoms with Gasteiger partial charge >= 0.3 is 0 Å². The molecule has 1 unspecified atom stereocenters. The van der Waals surface area contributed by atoms with Crippen LogP contribution < -0.4 is 5.73 Å². The zero-order valence-electron chi connectivity index (χ0n) is 6.42. The van der Waals surface area contributed by atoms with Crippen molar-refractivity contribution in [2.45, 2.75) is 18.3 Å². The first-order chi connectivity index (χ1) is 5.54. The molecule has 0 aliphatic rings. The Morgan fingerprint density at radius 1 is 1.33 bits per heavy atom. The van der Waals surface area contributed by atoms with E-state index in [1.54, 1.807) is 0 Å². The first-order valence-corrected chi connectivity index (χ1v) is 3.43. The third-order valence-corrected chi connectivity index (χ3v) is 1.39. The molecule has 0 amide bonds. The zero-order chi connectivity index (χ0) is 9.72. The van der Waals surface area contributed by atoms with E-state index < -0.39 is 30.7 Å². The first-order valence-electron chi connectivity index (χ1n) is 3.43. The van der Waals surface area contributed by atoms with Gasteiger partial charge in [-0.05, 0) is 0 Å². The summed E-state index contributed by atoms with van der Waals surface area (Å²) in [5.41, 5.74) is 4.93. The lowest BCUT2D eigenvalue weighted by molar-refractivity contribution is -0.142. The van der Waals surface area contributed by atoms with Gasteiger partial charge in [-0.1, -0.05) is 0 Å². The highest BCUT2D eigenvalue weighted by molar-refractivity contribution is 5.87. The van der Waals surface area contributed by atoms with Crippen LogP contribution in [0.15, 0.2) is 0 Å². The molecule has 0 aromatic carbocycles. The van der Waals surface area contributed by atoms with Gasteiger partial charge in [-0.25, -0.2) is 0 Å². The Hall–Kier alpha value is -0.530. The Kier molecular flexibility index (Phi) is 4.95. The second kappa shape index (κ2) is 5.18. The van der Waals surface area contributed by atoms with Crippen molar-refractivity contribution in [1.29, 1.82) is 0 Å². The van der Waals surface area contributed by atoms with Crippen LogP contribution in [0.2, 0.25) is 0 Å². The summed E-state index contributed by atoms with van der Waals surface area (Å²) < 4.78 is 0. The number of nitrogens with two attached hydrogens (primary N) is 1. The molecule has 6 N–H and O–H groups in total. The maximum Gasteiger partial charge on any atom is 0.193 e. The van der Waals surface area contributed by atoms with Crippen LogP contribution in [-0.4, -0.2) is 57.7 Å². The number of hydrogen-bond donors (Lipinski definition) is 5. The van der Waals surface area contributed by atoms with Crippen molar-refractivity contribution in [3.8, 4) is 0 Å². The van der Waals surface area contributed by atoms with E-state index in [9.17, 15) is 4.79 Å². The van der Waals surface area contributed by atoms with Crippen LogP contribution in [0.1, 0.15) is 0 Å². The van der Waals surface area contributed by atoms with Gasteiger partial charge in [-0.2, -0.15) is 0 Å². The average molecular weight is 179 g/mol. The third kappa shape index (κ3) is 2.84. The third-order valence-electron chi connectivity index (χ3n) is 1.39. The van der Waals surface area contributed by atoms with Gasteiger partial charge in [0.1, 0.15) is 18.3 Å². The van der Waals surface area contributed by atoms with Crippen molar-refractivity contribution in [2.24, 2.45) is 5.73 Å². The highest BCUT2D eigenvalue weighted by atomic mass is 16.4. The monoisotopic (exact) mass is 179 g/mol. The van der Waals surface area contributed by atoms with Gasteiger partial charge in [0.15, 0.2) is 5.78 Å². The van der Waals surface area contributed by atoms with Crippen LogP contribution in [0.3, 0.4) is 0 Å². The minimum absolute atomic E-state index is 0.325. The summed E-state index contributed by atoms with van der Waals surface area (Å²) in [5.74, 6) is -0.987. The minimum Gasteiger partial charge on any atom is -0.394 e. The molecule has 0 saturated heterocycles. The molecule has 3 atom stereocenters. The van der Waals surface area contributed by atoms with E-state index in [1.165, 1.54) is 0 Å². The molecule has 72 valence electrons. The summed E-state index contributed by atoms with van der Waals surface area (Å²) in [6.45, 7) is -1.07. The van der Waals surface area contributed by atoms with Crippen LogP contribution in [-0.2, 0) is 4.79 Å². The molecule has 0 aromatic rings. The molecule has 0 aliphatic carbocycles. The van der Waals surface area contributed by atoms with Gasteiger partial charge in [0.25, 0.3) is 0 Å². The lowest BCUT2D eigenvalue weighted by Gasteiger charge is -2.16. The van der Waals surface area contributed by atoms with Crippen LogP contribution in [0.4, 0.5) is 0 Å². The highest BCUT2D eigenvalue weighted by Crippen LogP contribution is 1.97. The molecule has 0 spiro atoms. The molecule has 0 heterocycles. The van der Waals surface area contributed by atoms with E-state index in [1.807, 2.05) is 0 Å². The minimum atomic E-state index is -1.78. The average Bonchev–Trinajstić information content (AvgIpc) is 2.12. The number of Topliss-reactive ketones (excluding diaryl/α,β-unsaturated/α-hetero) is 1. The molecule has 6 nitrogen and oxygen atoms in total. The SMILES string of the molecule is NC[C@H](O)C(=O)[C@H](O)C(O)CO. The molecule has 0 aliphatic heterocycles. The summed E-state index contributed by atoms with van der Waals surface area (Å²) in [7, 11) is 0. The fraction of sp³-hybridized carbons (Fsp3) is 0.833. The topological polar surface area (TPSA) is 124 Å². The fourth-order valence-electron chi connectivity index (χ4n) is 0.603. The van der Waals surface area contributed by atoms with E-state index in [4.69, 9.17) is 26.2 Å². The molecule has 0 rings (SSSR count). The van der Waals surface area contributed by atoms with Crippen LogP contribution >= 0.6 is 0 Å². The van der Waals surface area contributed by atoms with Crippen LogP contribution in [0, 0.1) is 0 Å². The van der Waals surface area contributed by atoms with E-state index >= 15 is 0 Å². The molecule has 0 bridgehead atoms. The Bertz CT molecular complexity index is 151. The molecule has 6 heteroatoms. The van der Waals surface area contributed by atoms with Crippen molar-refractivity contribution >= 4 is 5.78 Å². The van der Waals surface area contributed by atoms with Gasteiger partial charge in [-0.3, -0.25) is 4.79 Å². The lowest BCUT2D eigenvalue weighted by atomic mass is 10.1. The lowest BCUT2D eigenvalue weighted by Crippen LogP contribution is -2.44. The summed E-state index contributed by atoms with van der Waals surface area (Å²) in [6.07, 6.45) is -4.85. The maximum absolute atomic E-state index is 10.8. The van der Waals surface area contributed by atoms with Crippen molar-refractivity contribution < 1.29 is 25.2 Å². The predicted molar refractivity (Wildman–Crippen MR) is 39.2 cm³/mol. The van der Waals surface area contributed by atoms with Crippen LogP contribution in [0.5, 0.6) is 0 Å². The van der Waals surface area contributed by atoms with E-state index in [2.05, 4.69) is 0 Å². The normalized spacial score (nSPS) is 18.4. The van der Waals surface area contributed by atoms with Crippen molar-refractivity contribution in [2.75, 3.05) is 13.2 Å². The Morgan fingerprint density at radius 2 is 1.83 bits per heavy atom. The quantitative estimate of drug-likeness (QED) is 0.299. The molecule has 12 heavy (non-hydrogen) atoms. The van der Waals surface area contributed by atoms with Gasteiger partial charge in [0.05, 0.1) is 6.61 Å². The van der Waals surface area contributed by atoms with Gasteiger partial charge in [0, 0.05) is 6.54 Å². The molecule has 0 fully saturated rings. The fourth-order valence-corrected chi connectivity index (χ4v) is 0.603. The number of aliphatic hydroxyl groups excluding tert-OH is 4. The summed E-state index contributed by atoms with van der Waals surface area (Å²) >= 11 is 0. The summed E-state index contributed by atoms with van der Waals surface area (Å²) in [6, 6.07) is 0. The first kappa shape index (κ1) is 11.5. The second-order valence-electron chi connectivity index (χ2n) is 2.35. The van der Waals surface area contributed by atoms with Gasteiger partial charge < -0.3 is 26.2 Å². The van der Waals surface area contributed by atoms with E-state index in [0.29, 0.717) is 0 Å². The van der Waals surface area contributed by atoms with Crippen LogP contribution in [0.25, 0.3) is 0 Å². The van der Waals surface area contributed by atoms with Gasteiger partial charge in [0.2, 0.25) is 0 Å². The number of hydrogen-bond acceptors (Lipinski definition) is 6. The largest absolute Gasteiger partial charge is 0.394 e. The number of rotatable bonds is 5. The number of carbonyl (C=O) groups excluding carboxylic acids is 1. The van der Waals surface area contributed by atoms with Crippen molar-refractivity contribution in [3.05, 3.63) is 0 Å². The standard InChI is InChI=1S/C6H13NO5/c7-1-3(9)5(11)6(12)4(10)2-8/h3-4,6,8-10,12H,1-2,7H2/t3-,4?,6+/m0/s1. The number of carbonyl (C=O) groups is 1. The Morgan fingerprint density at radius 3 is 2.17 bits per heavy atom. The predicted octanol–water partition coefficient (Wildman–Crippen LogP) is -3.41. The molecule has 0 saturated carbocycles. The summed E-state index contributed by atoms with van der Waals surface area (Å²) in [4.78, 5) is 10.8. The molecule has 0 aromatic heterocycles. The van der Waals surface area contributed by atoms with Crippen molar-refractivity contribution in [1.82, 2.24) is 0 Å². The maximum atomic E-state index is 10.8.